The third-order valence-corrected chi connectivity index (χ3v) is 2.02. The van der Waals surface area contributed by atoms with Gasteiger partial charge in [-0.15, -0.1) is 0 Å². The van der Waals surface area contributed by atoms with Crippen LogP contribution in [0.4, 0.5) is 24.5 Å². The van der Waals surface area contributed by atoms with Crippen LogP contribution in [0, 0.1) is 20.2 Å². The zero-order valence-corrected chi connectivity index (χ0v) is 8.42. The van der Waals surface area contributed by atoms with Crippen LogP contribution in [0.5, 0.6) is 0 Å². The molecule has 0 fully saturated rings. The Morgan fingerprint density at radius 3 is 2.00 bits per heavy atom. The van der Waals surface area contributed by atoms with Crippen molar-refractivity contribution in [2.24, 2.45) is 0 Å². The zero-order valence-electron chi connectivity index (χ0n) is 8.42. The SMILES string of the molecule is O=[N+]([O-])c1ccc(C(O)C(F)(F)F)cc1[N+](=O)[O-]. The molecule has 0 radical (unpaired) electrons. The molecular weight excluding hydrogens is 261 g/mol. The van der Waals surface area contributed by atoms with Gasteiger partial charge in [-0.1, -0.05) is 0 Å². The highest BCUT2D eigenvalue weighted by Crippen LogP contribution is 2.36. The molecule has 0 aromatic heterocycles. The Hall–Kier alpha value is -2.23. The second-order valence-corrected chi connectivity index (χ2v) is 3.21. The Labute approximate surface area is 96.8 Å². The number of halogens is 3. The van der Waals surface area contributed by atoms with Crippen LogP contribution in [-0.2, 0) is 0 Å². The van der Waals surface area contributed by atoms with Crippen LogP contribution < -0.4 is 0 Å². The first kappa shape index (κ1) is 13.8. The van der Waals surface area contributed by atoms with E-state index in [4.69, 9.17) is 5.11 Å². The van der Waals surface area contributed by atoms with Gasteiger partial charge in [-0.3, -0.25) is 20.2 Å². The number of hydrogen-bond acceptors (Lipinski definition) is 5. The molecule has 0 aliphatic carbocycles. The molecule has 0 saturated heterocycles. The Morgan fingerprint density at radius 2 is 1.61 bits per heavy atom. The molecule has 0 heterocycles. The summed E-state index contributed by atoms with van der Waals surface area (Å²) in [6.45, 7) is 0. The van der Waals surface area contributed by atoms with E-state index >= 15 is 0 Å². The number of nitrogens with zero attached hydrogens (tertiary/aromatic N) is 2. The quantitative estimate of drug-likeness (QED) is 0.665. The van der Waals surface area contributed by atoms with Crippen LogP contribution in [0.15, 0.2) is 18.2 Å². The Balaban J connectivity index is 3.32. The van der Waals surface area contributed by atoms with E-state index in [0.717, 1.165) is 0 Å². The molecule has 18 heavy (non-hydrogen) atoms. The van der Waals surface area contributed by atoms with E-state index in [9.17, 15) is 33.4 Å². The molecule has 0 spiro atoms. The van der Waals surface area contributed by atoms with E-state index < -0.39 is 39.1 Å². The standard InChI is InChI=1S/C8H5F3N2O5/c9-8(10,11)7(14)4-1-2-5(12(15)16)6(3-4)13(17)18/h1-3,7,14H. The van der Waals surface area contributed by atoms with Crippen LogP contribution in [0.1, 0.15) is 11.7 Å². The molecule has 1 aromatic carbocycles. The van der Waals surface area contributed by atoms with Gasteiger partial charge < -0.3 is 5.11 Å². The van der Waals surface area contributed by atoms with Crippen molar-refractivity contribution in [1.82, 2.24) is 0 Å². The average Bonchev–Trinajstić information content (AvgIpc) is 2.25. The molecule has 1 rings (SSSR count). The number of rotatable bonds is 3. The smallest absolute Gasteiger partial charge is 0.379 e. The number of nitro benzene ring substituents is 2. The van der Waals surface area contributed by atoms with Crippen molar-refractivity contribution in [1.29, 1.82) is 0 Å². The molecule has 0 amide bonds. The normalized spacial score (nSPS) is 13.1. The summed E-state index contributed by atoms with van der Waals surface area (Å²) < 4.78 is 36.5. The van der Waals surface area contributed by atoms with Crippen molar-refractivity contribution >= 4 is 11.4 Å². The lowest BCUT2D eigenvalue weighted by Gasteiger charge is -2.14. The first-order valence-electron chi connectivity index (χ1n) is 4.32. The lowest BCUT2D eigenvalue weighted by Crippen LogP contribution is -2.20. The number of hydrogen-bond donors (Lipinski definition) is 1. The number of aliphatic hydroxyl groups is 1. The average molecular weight is 266 g/mol. The summed E-state index contributed by atoms with van der Waals surface area (Å²) >= 11 is 0. The monoisotopic (exact) mass is 266 g/mol. The highest BCUT2D eigenvalue weighted by Gasteiger charge is 2.40. The molecule has 0 aliphatic rings. The van der Waals surface area contributed by atoms with Gasteiger partial charge in [0.25, 0.3) is 0 Å². The van der Waals surface area contributed by atoms with Gasteiger partial charge in [0.2, 0.25) is 0 Å². The summed E-state index contributed by atoms with van der Waals surface area (Å²) in [6, 6.07) is 1.49. The van der Waals surface area contributed by atoms with Crippen LogP contribution >= 0.6 is 0 Å². The number of aliphatic hydroxyl groups excluding tert-OH is 1. The second-order valence-electron chi connectivity index (χ2n) is 3.21. The Bertz CT molecular complexity index is 502. The summed E-state index contributed by atoms with van der Waals surface area (Å²) in [6.07, 6.45) is -7.94. The van der Waals surface area contributed by atoms with Crippen LogP contribution in [0.2, 0.25) is 0 Å². The van der Waals surface area contributed by atoms with Crippen LogP contribution in [0.3, 0.4) is 0 Å². The van der Waals surface area contributed by atoms with E-state index in [1.54, 1.807) is 0 Å². The fraction of sp³-hybridized carbons (Fsp3) is 0.250. The van der Waals surface area contributed by atoms with E-state index in [2.05, 4.69) is 0 Å². The highest BCUT2D eigenvalue weighted by molar-refractivity contribution is 5.54. The van der Waals surface area contributed by atoms with E-state index in [1.807, 2.05) is 0 Å². The molecule has 1 N–H and O–H groups in total. The summed E-state index contributed by atoms with van der Waals surface area (Å²) in [5, 5.41) is 29.8. The third kappa shape index (κ3) is 2.71. The third-order valence-electron chi connectivity index (χ3n) is 2.02. The number of alkyl halides is 3. The predicted octanol–water partition coefficient (Wildman–Crippen LogP) is 2.10. The van der Waals surface area contributed by atoms with E-state index in [-0.39, 0.29) is 0 Å². The maximum absolute atomic E-state index is 12.2. The molecule has 1 unspecified atom stereocenters. The second kappa shape index (κ2) is 4.56. The molecule has 7 nitrogen and oxygen atoms in total. The Kier molecular flexibility index (Phi) is 3.51. The van der Waals surface area contributed by atoms with Gasteiger partial charge in [0, 0.05) is 12.1 Å². The maximum Gasteiger partial charge on any atom is 0.418 e. The van der Waals surface area contributed by atoms with Crippen molar-refractivity contribution in [3.8, 4) is 0 Å². The summed E-state index contributed by atoms with van der Waals surface area (Å²) in [4.78, 5) is 18.6. The van der Waals surface area contributed by atoms with Gasteiger partial charge in [-0.2, -0.15) is 13.2 Å². The molecule has 1 atom stereocenters. The first-order valence-corrected chi connectivity index (χ1v) is 4.32. The molecule has 1 aromatic rings. The minimum Gasteiger partial charge on any atom is -0.379 e. The highest BCUT2D eigenvalue weighted by atomic mass is 19.4. The molecule has 10 heteroatoms. The van der Waals surface area contributed by atoms with Crippen LogP contribution in [-0.4, -0.2) is 21.1 Å². The largest absolute Gasteiger partial charge is 0.418 e. The first-order chi connectivity index (χ1) is 8.14. The molecule has 0 aliphatic heterocycles. The fourth-order valence-electron chi connectivity index (χ4n) is 1.20. The minimum atomic E-state index is -5.01. The van der Waals surface area contributed by atoms with Crippen LogP contribution in [0.25, 0.3) is 0 Å². The molecule has 0 bridgehead atoms. The summed E-state index contributed by atoms with van der Waals surface area (Å²) in [5.74, 6) is 0. The summed E-state index contributed by atoms with van der Waals surface area (Å²) in [7, 11) is 0. The van der Waals surface area contributed by atoms with E-state index in [1.165, 1.54) is 0 Å². The summed E-state index contributed by atoms with van der Waals surface area (Å²) in [5.41, 5.74) is -2.89. The predicted molar refractivity (Wildman–Crippen MR) is 50.8 cm³/mol. The van der Waals surface area contributed by atoms with Gasteiger partial charge in [0.15, 0.2) is 6.10 Å². The number of nitro groups is 2. The van der Waals surface area contributed by atoms with Gasteiger partial charge in [0.05, 0.1) is 9.85 Å². The van der Waals surface area contributed by atoms with Gasteiger partial charge >= 0.3 is 17.6 Å². The zero-order chi connectivity index (χ0) is 14.1. The lowest BCUT2D eigenvalue weighted by atomic mass is 10.1. The molecule has 98 valence electrons. The minimum absolute atomic E-state index is 0.330. The van der Waals surface area contributed by atoms with Crippen molar-refractivity contribution in [2.45, 2.75) is 12.3 Å². The Morgan fingerprint density at radius 1 is 1.11 bits per heavy atom. The van der Waals surface area contributed by atoms with Crippen molar-refractivity contribution in [3.05, 3.63) is 44.0 Å². The van der Waals surface area contributed by atoms with Gasteiger partial charge in [-0.25, -0.2) is 0 Å². The van der Waals surface area contributed by atoms with Gasteiger partial charge in [0.1, 0.15) is 0 Å². The molecule has 0 saturated carbocycles. The van der Waals surface area contributed by atoms with E-state index in [0.29, 0.717) is 18.2 Å². The maximum atomic E-state index is 12.2. The van der Waals surface area contributed by atoms with Crippen molar-refractivity contribution < 1.29 is 28.1 Å². The molecular formula is C8H5F3N2O5. The fourth-order valence-corrected chi connectivity index (χ4v) is 1.20. The van der Waals surface area contributed by atoms with Gasteiger partial charge in [-0.05, 0) is 11.6 Å². The van der Waals surface area contributed by atoms with Crippen molar-refractivity contribution in [3.63, 3.8) is 0 Å². The van der Waals surface area contributed by atoms with Crippen molar-refractivity contribution in [2.75, 3.05) is 0 Å². The topological polar surface area (TPSA) is 107 Å². The number of benzene rings is 1. The lowest BCUT2D eigenvalue weighted by molar-refractivity contribution is -0.422.